The summed E-state index contributed by atoms with van der Waals surface area (Å²) < 4.78 is 44.1. The number of ether oxygens (including phenoxy) is 1. The minimum atomic E-state index is -4.42. The van der Waals surface area contributed by atoms with E-state index in [1.807, 2.05) is 38.1 Å². The molecule has 0 heterocycles. The smallest absolute Gasteiger partial charge is 0.416 e. The van der Waals surface area contributed by atoms with Crippen molar-refractivity contribution in [2.75, 3.05) is 13.2 Å². The second-order valence-electron chi connectivity index (χ2n) is 7.28. The molecule has 176 valence electrons. The van der Waals surface area contributed by atoms with Crippen LogP contribution >= 0.6 is 24.8 Å². The summed E-state index contributed by atoms with van der Waals surface area (Å²) >= 11 is 0. The van der Waals surface area contributed by atoms with E-state index in [2.05, 4.69) is 5.32 Å². The Morgan fingerprint density at radius 3 is 2.32 bits per heavy atom. The van der Waals surface area contributed by atoms with Crippen LogP contribution in [0.2, 0.25) is 0 Å². The van der Waals surface area contributed by atoms with Crippen molar-refractivity contribution in [1.82, 2.24) is 5.32 Å². The molecule has 2 aromatic rings. The van der Waals surface area contributed by atoms with E-state index in [1.165, 1.54) is 12.1 Å². The van der Waals surface area contributed by atoms with E-state index < -0.39 is 17.8 Å². The number of alkyl halides is 3. The van der Waals surface area contributed by atoms with Gasteiger partial charge in [-0.25, -0.2) is 0 Å². The average molecular weight is 483 g/mol. The van der Waals surface area contributed by atoms with Gasteiger partial charge in [0.15, 0.2) is 0 Å². The van der Waals surface area contributed by atoms with Gasteiger partial charge in [-0.2, -0.15) is 13.2 Å². The van der Waals surface area contributed by atoms with E-state index >= 15 is 0 Å². The topological polar surface area (TPSA) is 67.5 Å². The molecule has 9 heteroatoms. The number of aliphatic hydroxyl groups is 1. The van der Waals surface area contributed by atoms with Crippen LogP contribution in [0.4, 0.5) is 13.2 Å². The lowest BCUT2D eigenvalue weighted by Crippen LogP contribution is -2.32. The highest BCUT2D eigenvalue weighted by molar-refractivity contribution is 5.85. The van der Waals surface area contributed by atoms with Gasteiger partial charge in [-0.05, 0) is 55.2 Å². The molecule has 2 rings (SSSR count). The molecule has 0 saturated heterocycles. The highest BCUT2D eigenvalue weighted by Crippen LogP contribution is 2.30. The minimum absolute atomic E-state index is 0. The number of benzene rings is 2. The van der Waals surface area contributed by atoms with Crippen LogP contribution < -0.4 is 15.8 Å². The van der Waals surface area contributed by atoms with Gasteiger partial charge in [0.25, 0.3) is 0 Å². The fraction of sp³-hybridized carbons (Fsp3) is 0.455. The molecule has 0 spiro atoms. The number of hydrogen-bond donors (Lipinski definition) is 3. The van der Waals surface area contributed by atoms with Crippen molar-refractivity contribution in [3.05, 3.63) is 65.2 Å². The number of rotatable bonds is 10. The molecule has 0 bridgehead atoms. The van der Waals surface area contributed by atoms with E-state index in [9.17, 15) is 18.3 Å². The Balaban J connectivity index is 0.00000450. The zero-order valence-electron chi connectivity index (χ0n) is 17.6. The Morgan fingerprint density at radius 1 is 1.10 bits per heavy atom. The van der Waals surface area contributed by atoms with Crippen LogP contribution in [-0.2, 0) is 12.6 Å². The maximum absolute atomic E-state index is 12.8. The van der Waals surface area contributed by atoms with E-state index in [0.717, 1.165) is 29.9 Å². The molecule has 2 aromatic carbocycles. The zero-order chi connectivity index (χ0) is 21.4. The first-order valence-electron chi connectivity index (χ1n) is 9.75. The Kier molecular flexibility index (Phi) is 13.1. The fourth-order valence-corrected chi connectivity index (χ4v) is 2.82. The van der Waals surface area contributed by atoms with Gasteiger partial charge >= 0.3 is 6.18 Å². The maximum atomic E-state index is 12.8. The lowest BCUT2D eigenvalue weighted by atomic mass is 10.0. The number of nitrogens with one attached hydrogen (secondary N) is 1. The van der Waals surface area contributed by atoms with Crippen LogP contribution in [0.5, 0.6) is 5.75 Å². The van der Waals surface area contributed by atoms with Crippen LogP contribution in [0.15, 0.2) is 48.5 Å². The quantitative estimate of drug-likeness (QED) is 0.449. The average Bonchev–Trinajstić information content (AvgIpc) is 2.70. The van der Waals surface area contributed by atoms with Crippen molar-refractivity contribution >= 4 is 24.8 Å². The molecule has 0 fully saturated rings. The lowest BCUT2D eigenvalue weighted by molar-refractivity contribution is -0.137. The van der Waals surface area contributed by atoms with Crippen molar-refractivity contribution in [2.24, 2.45) is 5.73 Å². The van der Waals surface area contributed by atoms with E-state index in [0.29, 0.717) is 13.0 Å². The Morgan fingerprint density at radius 2 is 1.74 bits per heavy atom. The van der Waals surface area contributed by atoms with Crippen LogP contribution in [0, 0.1) is 0 Å². The van der Waals surface area contributed by atoms with Gasteiger partial charge in [0.2, 0.25) is 0 Å². The van der Waals surface area contributed by atoms with E-state index in [1.54, 1.807) is 0 Å². The summed E-state index contributed by atoms with van der Waals surface area (Å²) in [5.74, 6) is 0.762. The molecular weight excluding hydrogens is 452 g/mol. The largest absolute Gasteiger partial charge is 0.492 e. The predicted octanol–water partition coefficient (Wildman–Crippen LogP) is 4.92. The van der Waals surface area contributed by atoms with Gasteiger partial charge < -0.3 is 20.9 Å². The molecule has 0 aromatic heterocycles. The van der Waals surface area contributed by atoms with Gasteiger partial charge in [-0.15, -0.1) is 24.8 Å². The first kappa shape index (κ1) is 29.5. The first-order chi connectivity index (χ1) is 13.7. The highest BCUT2D eigenvalue weighted by atomic mass is 35.5. The summed E-state index contributed by atoms with van der Waals surface area (Å²) in [6.07, 6.45) is -3.87. The molecule has 0 aliphatic heterocycles. The van der Waals surface area contributed by atoms with Gasteiger partial charge in [0, 0.05) is 18.6 Å². The molecule has 0 saturated carbocycles. The van der Waals surface area contributed by atoms with Crippen LogP contribution in [0.1, 0.15) is 43.1 Å². The van der Waals surface area contributed by atoms with Crippen molar-refractivity contribution < 1.29 is 23.0 Å². The Hall–Kier alpha value is -1.51. The summed E-state index contributed by atoms with van der Waals surface area (Å²) in [5.41, 5.74) is 6.41. The predicted molar refractivity (Wildman–Crippen MR) is 122 cm³/mol. The first-order valence-corrected chi connectivity index (χ1v) is 9.75. The van der Waals surface area contributed by atoms with Crippen LogP contribution in [-0.4, -0.2) is 30.3 Å². The van der Waals surface area contributed by atoms with Crippen molar-refractivity contribution in [1.29, 1.82) is 0 Å². The molecule has 4 N–H and O–H groups in total. The third-order valence-electron chi connectivity index (χ3n) is 4.71. The molecule has 3 unspecified atom stereocenters. The molecule has 0 radical (unpaired) electrons. The van der Waals surface area contributed by atoms with Crippen molar-refractivity contribution in [3.63, 3.8) is 0 Å². The fourth-order valence-electron chi connectivity index (χ4n) is 2.82. The van der Waals surface area contributed by atoms with Gasteiger partial charge in [-0.3, -0.25) is 0 Å². The molecule has 0 amide bonds. The van der Waals surface area contributed by atoms with Gasteiger partial charge in [0.05, 0.1) is 11.7 Å². The van der Waals surface area contributed by atoms with Gasteiger partial charge in [0.1, 0.15) is 12.4 Å². The van der Waals surface area contributed by atoms with Crippen molar-refractivity contribution in [2.45, 2.75) is 51.1 Å². The Labute approximate surface area is 194 Å². The summed E-state index contributed by atoms with van der Waals surface area (Å²) in [6, 6.07) is 12.6. The zero-order valence-corrected chi connectivity index (χ0v) is 19.2. The van der Waals surface area contributed by atoms with Gasteiger partial charge in [-0.1, -0.05) is 31.2 Å². The van der Waals surface area contributed by atoms with E-state index in [-0.39, 0.29) is 49.0 Å². The number of halogens is 5. The number of aliphatic hydroxyl groups excluding tert-OH is 1. The van der Waals surface area contributed by atoms with Crippen LogP contribution in [0.3, 0.4) is 0 Å². The summed E-state index contributed by atoms with van der Waals surface area (Å²) in [7, 11) is 0. The number of nitrogens with two attached hydrogens (primary N) is 1. The van der Waals surface area contributed by atoms with Crippen LogP contribution in [0.25, 0.3) is 0 Å². The second kappa shape index (κ2) is 13.8. The minimum Gasteiger partial charge on any atom is -0.492 e. The molecule has 3 atom stereocenters. The van der Waals surface area contributed by atoms with E-state index in [4.69, 9.17) is 10.5 Å². The molecular formula is C22H31Cl2F3N2O2. The molecule has 31 heavy (non-hydrogen) atoms. The third-order valence-corrected chi connectivity index (χ3v) is 4.71. The monoisotopic (exact) mass is 482 g/mol. The highest BCUT2D eigenvalue weighted by Gasteiger charge is 2.30. The molecule has 0 aliphatic carbocycles. The summed E-state index contributed by atoms with van der Waals surface area (Å²) in [4.78, 5) is 0. The normalized spacial score (nSPS) is 14.0. The SMILES string of the molecule is CCC(N)COc1ccc(CC(C)NCC(O)c2cccc(C(F)(F)F)c2)cc1.Cl.Cl. The third kappa shape index (κ3) is 10.1. The summed E-state index contributed by atoms with van der Waals surface area (Å²) in [6.45, 7) is 4.61. The standard InChI is InChI=1S/C22H29F3N2O2.2ClH/c1-3-19(26)14-29-20-9-7-16(8-10-20)11-15(2)27-13-21(28)17-5-4-6-18(12-17)22(23,24)25;;/h4-10,12,15,19,21,27-28H,3,11,13-14,26H2,1-2H3;2*1H. The summed E-state index contributed by atoms with van der Waals surface area (Å²) in [5, 5.41) is 13.4. The number of hydrogen-bond acceptors (Lipinski definition) is 4. The molecule has 4 nitrogen and oxygen atoms in total. The lowest BCUT2D eigenvalue weighted by Gasteiger charge is -2.18. The second-order valence-corrected chi connectivity index (χ2v) is 7.28. The Bertz CT molecular complexity index is 761. The van der Waals surface area contributed by atoms with Crippen molar-refractivity contribution in [3.8, 4) is 5.75 Å². The maximum Gasteiger partial charge on any atom is 0.416 e. The molecule has 0 aliphatic rings.